The first-order valence-corrected chi connectivity index (χ1v) is 10.5. The molecule has 0 bridgehead atoms. The Morgan fingerprint density at radius 2 is 1.96 bits per heavy atom. The van der Waals surface area contributed by atoms with Gasteiger partial charge >= 0.3 is 0 Å². The minimum absolute atomic E-state index is 0.107. The number of hydrogen-bond acceptors (Lipinski definition) is 3. The molecule has 1 N–H and O–H groups in total. The SMILES string of the molecule is CC(=O)N(C)C[C@H]1[C@H](c2ccc(C3=CCCC3)cc2)[C@H](CO)N1CC1CC1. The van der Waals surface area contributed by atoms with E-state index in [1.165, 1.54) is 48.8 Å². The smallest absolute Gasteiger partial charge is 0.219 e. The Morgan fingerprint density at radius 1 is 1.22 bits per heavy atom. The van der Waals surface area contributed by atoms with E-state index in [0.717, 1.165) is 19.0 Å². The van der Waals surface area contributed by atoms with Gasteiger partial charge in [-0.05, 0) is 54.7 Å². The fraction of sp³-hybridized carbons (Fsp3) is 0.609. The maximum absolute atomic E-state index is 11.8. The highest BCUT2D eigenvalue weighted by molar-refractivity contribution is 5.73. The Bertz CT molecular complexity index is 708. The maximum atomic E-state index is 11.8. The molecule has 1 heterocycles. The molecule has 3 atom stereocenters. The maximum Gasteiger partial charge on any atom is 0.219 e. The third-order valence-electron chi connectivity index (χ3n) is 6.74. The van der Waals surface area contributed by atoms with Gasteiger partial charge in [0.25, 0.3) is 0 Å². The van der Waals surface area contributed by atoms with Crippen LogP contribution in [-0.4, -0.2) is 59.6 Å². The van der Waals surface area contributed by atoms with E-state index >= 15 is 0 Å². The van der Waals surface area contributed by atoms with Crippen molar-refractivity contribution in [2.75, 3.05) is 26.7 Å². The van der Waals surface area contributed by atoms with Crippen molar-refractivity contribution in [3.05, 3.63) is 41.5 Å². The third kappa shape index (κ3) is 3.83. The van der Waals surface area contributed by atoms with Crippen LogP contribution in [0.5, 0.6) is 0 Å². The Kier molecular flexibility index (Phi) is 5.38. The van der Waals surface area contributed by atoms with E-state index in [2.05, 4.69) is 35.2 Å². The summed E-state index contributed by atoms with van der Waals surface area (Å²) in [5, 5.41) is 10.1. The summed E-state index contributed by atoms with van der Waals surface area (Å²) in [7, 11) is 1.89. The Morgan fingerprint density at radius 3 is 2.52 bits per heavy atom. The molecule has 3 aliphatic rings. The van der Waals surface area contributed by atoms with Crippen molar-refractivity contribution in [2.24, 2.45) is 5.92 Å². The molecule has 4 nitrogen and oxygen atoms in total. The molecule has 2 aliphatic carbocycles. The molecule has 1 amide bonds. The molecule has 146 valence electrons. The normalized spacial score (nSPS) is 28.0. The van der Waals surface area contributed by atoms with Crippen LogP contribution in [0.15, 0.2) is 30.3 Å². The number of nitrogens with zero attached hydrogens (tertiary/aromatic N) is 2. The molecule has 4 rings (SSSR count). The van der Waals surface area contributed by atoms with Crippen LogP contribution in [0.2, 0.25) is 0 Å². The van der Waals surface area contributed by atoms with Gasteiger partial charge in [0.15, 0.2) is 0 Å². The fourth-order valence-corrected chi connectivity index (χ4v) is 4.83. The minimum Gasteiger partial charge on any atom is -0.395 e. The van der Waals surface area contributed by atoms with E-state index < -0.39 is 0 Å². The lowest BCUT2D eigenvalue weighted by molar-refractivity contribution is -0.131. The predicted octanol–water partition coefficient (Wildman–Crippen LogP) is 3.27. The molecule has 1 aromatic carbocycles. The number of aliphatic hydroxyl groups is 1. The highest BCUT2D eigenvalue weighted by Crippen LogP contribution is 2.44. The number of likely N-dealkylation sites (N-methyl/N-ethyl adjacent to an activating group) is 1. The zero-order valence-electron chi connectivity index (χ0n) is 16.6. The number of carbonyl (C=O) groups is 1. The monoisotopic (exact) mass is 368 g/mol. The first-order valence-electron chi connectivity index (χ1n) is 10.5. The predicted molar refractivity (Wildman–Crippen MR) is 108 cm³/mol. The summed E-state index contributed by atoms with van der Waals surface area (Å²) in [6.45, 7) is 3.61. The van der Waals surface area contributed by atoms with Crippen molar-refractivity contribution < 1.29 is 9.90 Å². The zero-order chi connectivity index (χ0) is 19.0. The number of likely N-dealkylation sites (tertiary alicyclic amines) is 1. The van der Waals surface area contributed by atoms with Crippen LogP contribution >= 0.6 is 0 Å². The molecule has 1 saturated carbocycles. The molecule has 0 radical (unpaired) electrons. The molecule has 0 unspecified atom stereocenters. The first kappa shape index (κ1) is 18.7. The first-order chi connectivity index (χ1) is 13.1. The summed E-state index contributed by atoms with van der Waals surface area (Å²) in [6, 6.07) is 9.46. The second-order valence-electron chi connectivity index (χ2n) is 8.63. The van der Waals surface area contributed by atoms with Crippen LogP contribution < -0.4 is 0 Å². The fourth-order valence-electron chi connectivity index (χ4n) is 4.83. The van der Waals surface area contributed by atoms with Crippen molar-refractivity contribution >= 4 is 11.5 Å². The average molecular weight is 369 g/mol. The van der Waals surface area contributed by atoms with Gasteiger partial charge in [-0.15, -0.1) is 0 Å². The quantitative estimate of drug-likeness (QED) is 0.803. The van der Waals surface area contributed by atoms with Crippen molar-refractivity contribution in [2.45, 2.75) is 57.0 Å². The van der Waals surface area contributed by atoms with Gasteiger partial charge in [0.05, 0.1) is 6.61 Å². The van der Waals surface area contributed by atoms with Gasteiger partial charge in [-0.25, -0.2) is 0 Å². The third-order valence-corrected chi connectivity index (χ3v) is 6.74. The number of allylic oxidation sites excluding steroid dienone is 2. The summed E-state index contributed by atoms with van der Waals surface area (Å²) in [4.78, 5) is 16.1. The largest absolute Gasteiger partial charge is 0.395 e. The van der Waals surface area contributed by atoms with E-state index in [-0.39, 0.29) is 18.6 Å². The summed E-state index contributed by atoms with van der Waals surface area (Å²) in [5.74, 6) is 1.18. The van der Waals surface area contributed by atoms with Crippen molar-refractivity contribution in [3.63, 3.8) is 0 Å². The molecule has 27 heavy (non-hydrogen) atoms. The van der Waals surface area contributed by atoms with E-state index in [4.69, 9.17) is 0 Å². The van der Waals surface area contributed by atoms with Crippen LogP contribution in [0.25, 0.3) is 5.57 Å². The Labute approximate surface area is 162 Å². The van der Waals surface area contributed by atoms with E-state index in [1.807, 2.05) is 11.9 Å². The van der Waals surface area contributed by atoms with Crippen LogP contribution in [0.1, 0.15) is 56.1 Å². The van der Waals surface area contributed by atoms with Crippen LogP contribution in [0, 0.1) is 5.92 Å². The summed E-state index contributed by atoms with van der Waals surface area (Å²) in [6.07, 6.45) is 8.61. The molecular weight excluding hydrogens is 336 g/mol. The van der Waals surface area contributed by atoms with Gasteiger partial charge in [-0.3, -0.25) is 9.69 Å². The minimum atomic E-state index is 0.107. The summed E-state index contributed by atoms with van der Waals surface area (Å²) < 4.78 is 0. The number of rotatable bonds is 7. The molecule has 4 heteroatoms. The van der Waals surface area contributed by atoms with E-state index in [0.29, 0.717) is 12.0 Å². The van der Waals surface area contributed by atoms with Gasteiger partial charge < -0.3 is 10.0 Å². The lowest BCUT2D eigenvalue weighted by Crippen LogP contribution is -2.67. The highest BCUT2D eigenvalue weighted by Gasteiger charge is 2.50. The Balaban J connectivity index is 1.54. The van der Waals surface area contributed by atoms with E-state index in [1.54, 1.807) is 6.92 Å². The molecule has 1 aromatic rings. The van der Waals surface area contributed by atoms with Crippen LogP contribution in [0.4, 0.5) is 0 Å². The standard InChI is InChI=1S/C23H32N2O2/c1-16(27)24(2)14-21-23(22(15-26)25(21)13-17-7-8-17)20-11-9-19(10-12-20)18-5-3-4-6-18/h5,9-12,17,21-23,26H,3-4,6-8,13-15H2,1-2H3/t21-,22-,23-/m0/s1. The van der Waals surface area contributed by atoms with Crippen molar-refractivity contribution in [1.82, 2.24) is 9.80 Å². The Hall–Kier alpha value is -1.65. The number of aliphatic hydroxyl groups excluding tert-OH is 1. The lowest BCUT2D eigenvalue weighted by Gasteiger charge is -2.56. The summed E-state index contributed by atoms with van der Waals surface area (Å²) in [5.41, 5.74) is 4.10. The summed E-state index contributed by atoms with van der Waals surface area (Å²) >= 11 is 0. The molecule has 1 saturated heterocycles. The average Bonchev–Trinajstić information content (AvgIpc) is 3.32. The number of hydrogen-bond donors (Lipinski definition) is 1. The van der Waals surface area contributed by atoms with Gasteiger partial charge in [0.1, 0.15) is 0 Å². The van der Waals surface area contributed by atoms with Gasteiger partial charge in [0, 0.05) is 45.1 Å². The molecular formula is C23H32N2O2. The molecule has 0 spiro atoms. The second-order valence-corrected chi connectivity index (χ2v) is 8.63. The van der Waals surface area contributed by atoms with Gasteiger partial charge in [-0.2, -0.15) is 0 Å². The molecule has 0 aromatic heterocycles. The van der Waals surface area contributed by atoms with Gasteiger partial charge in [0.2, 0.25) is 5.91 Å². The number of amides is 1. The van der Waals surface area contributed by atoms with Crippen LogP contribution in [0.3, 0.4) is 0 Å². The second kappa shape index (κ2) is 7.76. The number of carbonyl (C=O) groups excluding carboxylic acids is 1. The molecule has 1 aliphatic heterocycles. The van der Waals surface area contributed by atoms with E-state index in [9.17, 15) is 9.90 Å². The highest BCUT2D eigenvalue weighted by atomic mass is 16.3. The number of benzene rings is 1. The van der Waals surface area contributed by atoms with Gasteiger partial charge in [-0.1, -0.05) is 30.3 Å². The van der Waals surface area contributed by atoms with Crippen molar-refractivity contribution in [3.8, 4) is 0 Å². The van der Waals surface area contributed by atoms with Crippen LogP contribution in [-0.2, 0) is 4.79 Å². The zero-order valence-corrected chi connectivity index (χ0v) is 16.6. The molecule has 2 fully saturated rings. The van der Waals surface area contributed by atoms with Crippen molar-refractivity contribution in [1.29, 1.82) is 0 Å². The topological polar surface area (TPSA) is 43.8 Å². The lowest BCUT2D eigenvalue weighted by atomic mass is 9.74.